The van der Waals surface area contributed by atoms with Crippen molar-refractivity contribution in [2.45, 2.75) is 6.54 Å². The fourth-order valence-electron chi connectivity index (χ4n) is 1.56. The van der Waals surface area contributed by atoms with E-state index in [0.717, 1.165) is 10.8 Å². The Bertz CT molecular complexity index is 795. The smallest absolute Gasteiger partial charge is 0.292 e. The van der Waals surface area contributed by atoms with E-state index in [9.17, 15) is 14.4 Å². The van der Waals surface area contributed by atoms with E-state index in [-0.39, 0.29) is 22.2 Å². The third-order valence-electron chi connectivity index (χ3n) is 2.51. The van der Waals surface area contributed by atoms with Gasteiger partial charge in [-0.15, -0.1) is 0 Å². The van der Waals surface area contributed by atoms with Crippen molar-refractivity contribution >= 4 is 40.6 Å². The molecule has 0 aliphatic heterocycles. The quantitative estimate of drug-likeness (QED) is 0.877. The molecular weight excluding hydrogens is 327 g/mol. The van der Waals surface area contributed by atoms with E-state index in [2.05, 4.69) is 0 Å². The molecule has 0 unspecified atom stereocenters. The minimum atomic E-state index is -0.724. The molecule has 1 aromatic carbocycles. The number of H-pyrrole nitrogens is 1. The van der Waals surface area contributed by atoms with E-state index < -0.39 is 17.0 Å². The number of carbonyl (C=O) groups excluding carboxylic acids is 1. The number of halogens is 3. The Morgan fingerprint density at radius 1 is 1.15 bits per heavy atom. The molecule has 8 heteroatoms. The molecule has 1 N–H and O–H groups in total. The summed E-state index contributed by atoms with van der Waals surface area (Å²) in [5.74, 6) is -0.406. The first-order valence-corrected chi connectivity index (χ1v) is 6.49. The topological polar surface area (TPSA) is 71.9 Å². The summed E-state index contributed by atoms with van der Waals surface area (Å²) in [6.45, 7) is -0.295. The highest BCUT2D eigenvalue weighted by molar-refractivity contribution is 6.36. The lowest BCUT2D eigenvalue weighted by Crippen LogP contribution is -2.31. The van der Waals surface area contributed by atoms with Gasteiger partial charge >= 0.3 is 5.69 Å². The fraction of sp³-hybridized carbons (Fsp3) is 0.0833. The summed E-state index contributed by atoms with van der Waals surface area (Å²) in [6.07, 6.45) is 1.10. The van der Waals surface area contributed by atoms with Crippen molar-refractivity contribution in [2.75, 3.05) is 0 Å². The number of hydrogen-bond acceptors (Lipinski definition) is 3. The van der Waals surface area contributed by atoms with Crippen LogP contribution in [0.25, 0.3) is 0 Å². The lowest BCUT2D eigenvalue weighted by molar-refractivity contribution is 0.0970. The van der Waals surface area contributed by atoms with E-state index in [1.54, 1.807) is 0 Å². The third kappa shape index (κ3) is 3.12. The highest BCUT2D eigenvalue weighted by Gasteiger charge is 2.13. The summed E-state index contributed by atoms with van der Waals surface area (Å²) in [7, 11) is 0. The maximum Gasteiger partial charge on any atom is 0.328 e. The summed E-state index contributed by atoms with van der Waals surface area (Å²) in [6, 6.07) is 4.41. The summed E-state index contributed by atoms with van der Waals surface area (Å²) in [5.41, 5.74) is -1.20. The molecular formula is C12H7Cl3N2O3. The van der Waals surface area contributed by atoms with Crippen LogP contribution in [0.5, 0.6) is 0 Å². The average Bonchev–Trinajstić information content (AvgIpc) is 2.35. The average molecular weight is 334 g/mol. The van der Waals surface area contributed by atoms with Crippen LogP contribution in [-0.2, 0) is 6.54 Å². The number of rotatable bonds is 3. The second-order valence-corrected chi connectivity index (χ2v) is 5.16. The molecule has 2 rings (SSSR count). The Hall–Kier alpha value is -1.56. The first-order valence-electron chi connectivity index (χ1n) is 5.36. The van der Waals surface area contributed by atoms with Gasteiger partial charge in [-0.25, -0.2) is 4.79 Å². The predicted octanol–water partition coefficient (Wildman–Crippen LogP) is 2.38. The van der Waals surface area contributed by atoms with Gasteiger partial charge in [0.25, 0.3) is 5.56 Å². The van der Waals surface area contributed by atoms with Gasteiger partial charge in [-0.05, 0) is 18.2 Å². The number of aromatic nitrogens is 2. The Morgan fingerprint density at radius 2 is 1.85 bits per heavy atom. The largest absolute Gasteiger partial charge is 0.328 e. The number of ketones is 1. The highest BCUT2D eigenvalue weighted by atomic mass is 35.5. The lowest BCUT2D eigenvalue weighted by atomic mass is 10.1. The zero-order chi connectivity index (χ0) is 14.9. The molecule has 0 fully saturated rings. The number of Topliss-reactive ketones (excluding diaryl/α,β-unsaturated/α-hetero) is 1. The molecule has 0 atom stereocenters. The summed E-state index contributed by atoms with van der Waals surface area (Å²) in [4.78, 5) is 36.7. The number of benzene rings is 1. The van der Waals surface area contributed by atoms with Crippen LogP contribution in [0.2, 0.25) is 15.1 Å². The van der Waals surface area contributed by atoms with Crippen LogP contribution in [0, 0.1) is 0 Å². The van der Waals surface area contributed by atoms with Gasteiger partial charge in [-0.3, -0.25) is 19.1 Å². The van der Waals surface area contributed by atoms with Gasteiger partial charge in [0.1, 0.15) is 5.02 Å². The standard InChI is InChI=1S/C12H7Cl3N2O3/c13-6-1-2-7(8(14)3-6)10(18)5-17-4-9(15)11(19)16-12(17)20/h1-4H,5H2,(H,16,19,20). The van der Waals surface area contributed by atoms with Crippen LogP contribution >= 0.6 is 34.8 Å². The molecule has 0 saturated heterocycles. The van der Waals surface area contributed by atoms with Gasteiger partial charge in [-0.2, -0.15) is 0 Å². The van der Waals surface area contributed by atoms with Crippen molar-refractivity contribution in [2.24, 2.45) is 0 Å². The van der Waals surface area contributed by atoms with Crippen molar-refractivity contribution in [1.29, 1.82) is 0 Å². The number of hydrogen-bond donors (Lipinski definition) is 1. The van der Waals surface area contributed by atoms with E-state index >= 15 is 0 Å². The SMILES string of the molecule is O=C(Cn1cc(Cl)c(=O)[nH]c1=O)c1ccc(Cl)cc1Cl. The summed E-state index contributed by atoms with van der Waals surface area (Å²) in [5, 5.41) is 0.404. The third-order valence-corrected chi connectivity index (χ3v) is 3.33. The van der Waals surface area contributed by atoms with Crippen molar-refractivity contribution in [1.82, 2.24) is 9.55 Å². The second kappa shape index (κ2) is 5.83. The Labute approximate surface area is 127 Å². The normalized spacial score (nSPS) is 10.6. The molecule has 0 radical (unpaired) electrons. The van der Waals surface area contributed by atoms with Crippen LogP contribution in [0.15, 0.2) is 34.0 Å². The molecule has 20 heavy (non-hydrogen) atoms. The zero-order valence-electron chi connectivity index (χ0n) is 9.82. The van der Waals surface area contributed by atoms with Gasteiger partial charge in [0.15, 0.2) is 5.78 Å². The number of nitrogens with one attached hydrogen (secondary N) is 1. The lowest BCUT2D eigenvalue weighted by Gasteiger charge is -2.06. The molecule has 5 nitrogen and oxygen atoms in total. The minimum absolute atomic E-state index is 0.181. The van der Waals surface area contributed by atoms with Gasteiger partial charge < -0.3 is 0 Å². The molecule has 0 amide bonds. The summed E-state index contributed by atoms with van der Waals surface area (Å²) < 4.78 is 0.997. The summed E-state index contributed by atoms with van der Waals surface area (Å²) >= 11 is 17.3. The van der Waals surface area contributed by atoms with Gasteiger partial charge in [0.05, 0.1) is 11.6 Å². The minimum Gasteiger partial charge on any atom is -0.292 e. The van der Waals surface area contributed by atoms with E-state index in [1.165, 1.54) is 18.2 Å². The zero-order valence-corrected chi connectivity index (χ0v) is 12.1. The first-order chi connectivity index (χ1) is 9.38. The molecule has 104 valence electrons. The van der Waals surface area contributed by atoms with Crippen LogP contribution in [0.4, 0.5) is 0 Å². The molecule has 2 aromatic rings. The van der Waals surface area contributed by atoms with Gasteiger partial charge in [0.2, 0.25) is 0 Å². The number of nitrogens with zero attached hydrogens (tertiary/aromatic N) is 1. The second-order valence-electron chi connectivity index (χ2n) is 3.91. The van der Waals surface area contributed by atoms with Crippen molar-refractivity contribution < 1.29 is 4.79 Å². The Kier molecular flexibility index (Phi) is 4.32. The molecule has 0 spiro atoms. The van der Waals surface area contributed by atoms with Gasteiger partial charge in [0, 0.05) is 16.8 Å². The maximum absolute atomic E-state index is 12.1. The van der Waals surface area contributed by atoms with Crippen LogP contribution in [-0.4, -0.2) is 15.3 Å². The van der Waals surface area contributed by atoms with Crippen LogP contribution in [0.1, 0.15) is 10.4 Å². The van der Waals surface area contributed by atoms with Gasteiger partial charge in [-0.1, -0.05) is 34.8 Å². The van der Waals surface area contributed by atoms with Crippen molar-refractivity contribution in [3.8, 4) is 0 Å². The highest BCUT2D eigenvalue weighted by Crippen LogP contribution is 2.21. The number of aromatic amines is 1. The van der Waals surface area contributed by atoms with Crippen LogP contribution < -0.4 is 11.2 Å². The van der Waals surface area contributed by atoms with E-state index in [1.807, 2.05) is 4.98 Å². The molecule has 1 heterocycles. The van der Waals surface area contributed by atoms with E-state index in [0.29, 0.717) is 5.02 Å². The monoisotopic (exact) mass is 332 g/mol. The number of carbonyl (C=O) groups is 1. The molecule has 0 saturated carbocycles. The molecule has 1 aromatic heterocycles. The van der Waals surface area contributed by atoms with Crippen molar-refractivity contribution in [3.63, 3.8) is 0 Å². The molecule has 0 bridgehead atoms. The van der Waals surface area contributed by atoms with Crippen molar-refractivity contribution in [3.05, 3.63) is 65.9 Å². The molecule has 0 aliphatic carbocycles. The first kappa shape index (κ1) is 14.8. The Balaban J connectivity index is 2.35. The predicted molar refractivity (Wildman–Crippen MR) is 77.1 cm³/mol. The fourth-order valence-corrected chi connectivity index (χ4v) is 2.23. The van der Waals surface area contributed by atoms with Crippen LogP contribution in [0.3, 0.4) is 0 Å². The van der Waals surface area contributed by atoms with E-state index in [4.69, 9.17) is 34.8 Å². The molecule has 0 aliphatic rings. The maximum atomic E-state index is 12.1. The Morgan fingerprint density at radius 3 is 2.50 bits per heavy atom.